The largest absolute Gasteiger partial charge is 0.464 e. The summed E-state index contributed by atoms with van der Waals surface area (Å²) < 4.78 is 36.5. The minimum Gasteiger partial charge on any atom is -0.464 e. The zero-order valence-electron chi connectivity index (χ0n) is 30.4. The molecule has 0 aliphatic carbocycles. The van der Waals surface area contributed by atoms with Crippen LogP contribution < -0.4 is 16.6 Å². The molecule has 284 valence electrons. The average Bonchev–Trinajstić information content (AvgIpc) is 3.70. The molecule has 50 heavy (non-hydrogen) atoms. The fourth-order valence-electron chi connectivity index (χ4n) is 6.19. The van der Waals surface area contributed by atoms with Gasteiger partial charge in [0.2, 0.25) is 0 Å². The molecular weight excluding hydrogens is 663 g/mol. The second-order valence-corrected chi connectivity index (χ2v) is 14.9. The van der Waals surface area contributed by atoms with Crippen molar-refractivity contribution in [3.63, 3.8) is 0 Å². The normalized spacial score (nSPS) is 18.0. The molecule has 1 aliphatic heterocycles. The molecule has 3 heterocycles. The van der Waals surface area contributed by atoms with Gasteiger partial charge in [0.25, 0.3) is 5.91 Å². The molecule has 0 radical (unpaired) electrons. The lowest BCUT2D eigenvalue weighted by atomic mass is 10.0. The van der Waals surface area contributed by atoms with Gasteiger partial charge in [0.1, 0.15) is 29.6 Å². The number of aromatic nitrogens is 3. The Labute approximate surface area is 297 Å². The van der Waals surface area contributed by atoms with Crippen molar-refractivity contribution in [3.05, 3.63) is 17.6 Å². The Morgan fingerprint density at radius 2 is 1.58 bits per heavy atom. The fourth-order valence-corrected chi connectivity index (χ4v) is 7.23. The number of primary amides is 1. The molecule has 4 atom stereocenters. The van der Waals surface area contributed by atoms with Gasteiger partial charge in [-0.1, -0.05) is 90.4 Å². The third kappa shape index (κ3) is 14.6. The first-order chi connectivity index (χ1) is 24.0. The van der Waals surface area contributed by atoms with E-state index in [2.05, 4.69) is 22.0 Å². The zero-order valence-corrected chi connectivity index (χ0v) is 31.3. The van der Waals surface area contributed by atoms with E-state index in [0.29, 0.717) is 49.3 Å². The first-order valence-electron chi connectivity index (χ1n) is 18.6. The summed E-state index contributed by atoms with van der Waals surface area (Å²) in [5.41, 5.74) is 12.2. The van der Waals surface area contributed by atoms with Crippen LogP contribution in [0.3, 0.4) is 0 Å². The second-order valence-electron chi connectivity index (χ2n) is 13.4. The van der Waals surface area contributed by atoms with Crippen LogP contribution in [0.1, 0.15) is 145 Å². The first-order valence-corrected chi connectivity index (χ1v) is 20.2. The van der Waals surface area contributed by atoms with Crippen molar-refractivity contribution in [1.82, 2.24) is 19.6 Å². The number of aryl methyl sites for hydroxylation is 1. The van der Waals surface area contributed by atoms with Gasteiger partial charge in [-0.2, -0.15) is 0 Å². The average molecular weight is 725 g/mol. The first kappa shape index (κ1) is 41.8. The summed E-state index contributed by atoms with van der Waals surface area (Å²) in [7, 11) is -4.35. The van der Waals surface area contributed by atoms with E-state index in [4.69, 9.17) is 30.2 Å². The van der Waals surface area contributed by atoms with Gasteiger partial charge in [-0.05, 0) is 33.1 Å². The molecule has 1 aliphatic rings. The topological polar surface area (TPSA) is 203 Å². The number of rotatable bonds is 27. The van der Waals surface area contributed by atoms with Crippen LogP contribution in [-0.4, -0.2) is 69.9 Å². The highest BCUT2D eigenvalue weighted by Gasteiger charge is 2.33. The summed E-state index contributed by atoms with van der Waals surface area (Å²) in [6, 6.07) is -1.06. The lowest BCUT2D eigenvalue weighted by molar-refractivity contribution is -0.145. The van der Waals surface area contributed by atoms with Gasteiger partial charge in [0, 0.05) is 25.8 Å². The highest BCUT2D eigenvalue weighted by Crippen LogP contribution is 2.40. The Bertz CT molecular complexity index is 1370. The summed E-state index contributed by atoms with van der Waals surface area (Å²) in [5.74, 6) is -0.767. The molecule has 1 fully saturated rings. The van der Waals surface area contributed by atoms with Gasteiger partial charge < -0.3 is 35.1 Å². The number of carbonyl (C=O) groups excluding carboxylic acids is 2. The summed E-state index contributed by atoms with van der Waals surface area (Å²) in [4.78, 5) is 43.3. The Morgan fingerprint density at radius 3 is 2.20 bits per heavy atom. The Balaban J connectivity index is 1.21. The highest BCUT2D eigenvalue weighted by molar-refractivity contribution is 7.50. The SMILES string of the molecule is CCCCCCCCCCCCCCCCOCCCOC(=O)[C@H](C)NP(=O)(O)OC[C@@H]1CC[C@H](n2cc(C(N)=O)c3c(N)nc(C)nc32)O1. The lowest BCUT2D eigenvalue weighted by Crippen LogP contribution is -2.34. The molecule has 0 bridgehead atoms. The van der Waals surface area contributed by atoms with Crippen LogP contribution in [0, 0.1) is 6.92 Å². The Morgan fingerprint density at radius 1 is 0.980 bits per heavy atom. The molecule has 3 rings (SSSR count). The van der Waals surface area contributed by atoms with Crippen molar-refractivity contribution in [1.29, 1.82) is 0 Å². The maximum absolute atomic E-state index is 12.7. The lowest BCUT2D eigenvalue weighted by Gasteiger charge is -2.20. The van der Waals surface area contributed by atoms with E-state index in [1.807, 2.05) is 0 Å². The molecule has 14 nitrogen and oxygen atoms in total. The van der Waals surface area contributed by atoms with E-state index in [-0.39, 0.29) is 24.6 Å². The van der Waals surface area contributed by atoms with E-state index in [1.165, 1.54) is 96.6 Å². The maximum Gasteiger partial charge on any atom is 0.403 e. The maximum atomic E-state index is 12.7. The van der Waals surface area contributed by atoms with Crippen LogP contribution in [-0.2, 0) is 28.1 Å². The van der Waals surface area contributed by atoms with Crippen molar-refractivity contribution in [2.24, 2.45) is 5.73 Å². The number of hydrogen-bond donors (Lipinski definition) is 4. The van der Waals surface area contributed by atoms with E-state index in [1.54, 1.807) is 11.5 Å². The quantitative estimate of drug-likeness (QED) is 0.0436. The molecule has 1 saturated heterocycles. The third-order valence-corrected chi connectivity index (χ3v) is 10.2. The Kier molecular flexibility index (Phi) is 18.7. The van der Waals surface area contributed by atoms with E-state index < -0.39 is 38.0 Å². The minimum atomic E-state index is -4.35. The van der Waals surface area contributed by atoms with Crippen molar-refractivity contribution in [3.8, 4) is 0 Å². The number of esters is 1. The number of amides is 1. The number of hydrogen-bond acceptors (Lipinski definition) is 10. The number of fused-ring (bicyclic) bond motifs is 1. The summed E-state index contributed by atoms with van der Waals surface area (Å²) in [6.45, 7) is 6.51. The number of nitrogens with zero attached hydrogens (tertiary/aromatic N) is 3. The van der Waals surface area contributed by atoms with Crippen LogP contribution >= 0.6 is 7.75 Å². The monoisotopic (exact) mass is 724 g/mol. The smallest absolute Gasteiger partial charge is 0.403 e. The predicted octanol–water partition coefficient (Wildman–Crippen LogP) is 6.62. The van der Waals surface area contributed by atoms with Gasteiger partial charge in [0.15, 0.2) is 0 Å². The van der Waals surface area contributed by atoms with Crippen LogP contribution in [0.15, 0.2) is 6.20 Å². The van der Waals surface area contributed by atoms with Gasteiger partial charge in [-0.15, -0.1) is 0 Å². The number of nitrogen functional groups attached to an aromatic ring is 1. The van der Waals surface area contributed by atoms with E-state index in [9.17, 15) is 19.0 Å². The van der Waals surface area contributed by atoms with Crippen molar-refractivity contribution < 1.29 is 37.8 Å². The van der Waals surface area contributed by atoms with Crippen LogP contribution in [0.2, 0.25) is 0 Å². The number of ether oxygens (including phenoxy) is 3. The number of unbranched alkanes of at least 4 members (excludes halogenated alkanes) is 13. The molecule has 1 unspecified atom stereocenters. The molecule has 0 aromatic carbocycles. The van der Waals surface area contributed by atoms with Crippen molar-refractivity contribution >= 4 is 36.5 Å². The third-order valence-electron chi connectivity index (χ3n) is 8.94. The van der Waals surface area contributed by atoms with Crippen molar-refractivity contribution in [2.45, 2.75) is 148 Å². The van der Waals surface area contributed by atoms with E-state index >= 15 is 0 Å². The van der Waals surface area contributed by atoms with Gasteiger partial charge in [-0.25, -0.2) is 19.6 Å². The van der Waals surface area contributed by atoms with Crippen LogP contribution in [0.4, 0.5) is 5.82 Å². The number of carbonyl (C=O) groups is 2. The molecule has 1 amide bonds. The number of nitrogens with one attached hydrogen (secondary N) is 1. The second kappa shape index (κ2) is 22.4. The summed E-state index contributed by atoms with van der Waals surface area (Å²) in [6.07, 6.45) is 20.5. The summed E-state index contributed by atoms with van der Waals surface area (Å²) >= 11 is 0. The van der Waals surface area contributed by atoms with Gasteiger partial charge >= 0.3 is 13.7 Å². The Hall–Kier alpha value is -2.61. The van der Waals surface area contributed by atoms with Crippen molar-refractivity contribution in [2.75, 3.05) is 32.2 Å². The number of anilines is 1. The van der Waals surface area contributed by atoms with Gasteiger partial charge in [-0.3, -0.25) is 14.1 Å². The van der Waals surface area contributed by atoms with Gasteiger partial charge in [0.05, 0.1) is 30.3 Å². The molecule has 2 aromatic heterocycles. The predicted molar refractivity (Wildman–Crippen MR) is 193 cm³/mol. The molecule has 0 saturated carbocycles. The molecule has 15 heteroatoms. The number of nitrogens with two attached hydrogens (primary N) is 2. The molecular formula is C35H61N6O8P. The van der Waals surface area contributed by atoms with Crippen LogP contribution in [0.25, 0.3) is 11.0 Å². The zero-order chi connectivity index (χ0) is 36.4. The van der Waals surface area contributed by atoms with Crippen LogP contribution in [0.5, 0.6) is 0 Å². The molecule has 2 aromatic rings. The summed E-state index contributed by atoms with van der Waals surface area (Å²) in [5, 5.41) is 2.68. The van der Waals surface area contributed by atoms with E-state index in [0.717, 1.165) is 6.42 Å². The minimum absolute atomic E-state index is 0.140. The molecule has 0 spiro atoms. The highest BCUT2D eigenvalue weighted by atomic mass is 31.2. The molecule has 6 N–H and O–H groups in total. The standard InChI is InChI=1S/C35H61N6O8P/c1-4-5-6-7-8-9-10-11-12-13-14-15-16-17-21-46-22-18-23-47-35(43)26(2)40-50(44,45)48-25-28-19-20-30(49-28)41-24-29(33(37)42)31-32(36)38-27(3)39-34(31)41/h24,26,28,30H,4-23,25H2,1-3H3,(H2,37,42)(H2,36,38,39)(H2,40,44,45)/t26-,28-,30+/m0/s1. The fraction of sp³-hybridized carbons (Fsp3) is 0.771.